The molecule has 10 nitrogen and oxygen atoms in total. The van der Waals surface area contributed by atoms with Crippen LogP contribution in [-0.4, -0.2) is 55.4 Å². The molecule has 0 aromatic heterocycles. The summed E-state index contributed by atoms with van der Waals surface area (Å²) in [4.78, 5) is 58.0. The Labute approximate surface area is 231 Å². The third kappa shape index (κ3) is 5.86. The van der Waals surface area contributed by atoms with E-state index in [1.54, 1.807) is 54.6 Å². The minimum atomic E-state index is -1.69. The molecule has 0 unspecified atom stereocenters. The molecule has 4 aromatic rings. The summed E-state index contributed by atoms with van der Waals surface area (Å²) in [5.74, 6) is -7.05. The Hall–Kier alpha value is -6.03. The molecule has 0 radical (unpaired) electrons. The Kier molecular flexibility index (Phi) is 7.77. The van der Waals surface area contributed by atoms with Gasteiger partial charge in [0.05, 0.1) is 27.8 Å². The van der Waals surface area contributed by atoms with Crippen LogP contribution in [0.1, 0.15) is 68.5 Å². The molecule has 5 N–H and O–H groups in total. The van der Waals surface area contributed by atoms with Crippen molar-refractivity contribution in [3.63, 3.8) is 0 Å². The highest BCUT2D eigenvalue weighted by Gasteiger charge is 2.27. The highest BCUT2D eigenvalue weighted by Crippen LogP contribution is 2.32. The maximum atomic E-state index is 12.1. The fourth-order valence-corrected chi connectivity index (χ4v) is 4.31. The molecule has 0 aliphatic heterocycles. The molecular formula is C31H20O10. The summed E-state index contributed by atoms with van der Waals surface area (Å²) in [7, 11) is 0. The van der Waals surface area contributed by atoms with E-state index in [2.05, 4.69) is 0 Å². The second-order valence-electron chi connectivity index (χ2n) is 8.77. The van der Waals surface area contributed by atoms with Gasteiger partial charge in [-0.05, 0) is 69.8 Å². The number of carbonyl (C=O) groups is 5. The SMILES string of the molecule is O=C(O)c1ccc(C=C(c2ccc(C(=O)O)cc2)c2ccc(-c3ccc(C(=O)O)c(C(=O)O)c3C(=O)O)cc2)cc1. The molecule has 4 rings (SSSR count). The van der Waals surface area contributed by atoms with Gasteiger partial charge in [-0.2, -0.15) is 0 Å². The third-order valence-electron chi connectivity index (χ3n) is 6.28. The zero-order chi connectivity index (χ0) is 29.8. The van der Waals surface area contributed by atoms with Crippen molar-refractivity contribution in [2.75, 3.05) is 0 Å². The van der Waals surface area contributed by atoms with Crippen molar-refractivity contribution < 1.29 is 49.5 Å². The normalized spacial score (nSPS) is 11.1. The molecule has 0 saturated carbocycles. The second-order valence-corrected chi connectivity index (χ2v) is 8.77. The summed E-state index contributed by atoms with van der Waals surface area (Å²) >= 11 is 0. The van der Waals surface area contributed by atoms with Crippen molar-refractivity contribution in [1.82, 2.24) is 0 Å². The molecule has 0 saturated heterocycles. The highest BCUT2D eigenvalue weighted by molar-refractivity contribution is 6.12. The summed E-state index contributed by atoms with van der Waals surface area (Å²) in [5.41, 5.74) is 0.883. The van der Waals surface area contributed by atoms with E-state index in [9.17, 15) is 49.5 Å². The van der Waals surface area contributed by atoms with Crippen LogP contribution in [0.2, 0.25) is 0 Å². The van der Waals surface area contributed by atoms with Gasteiger partial charge in [0.1, 0.15) is 0 Å². The van der Waals surface area contributed by atoms with Gasteiger partial charge in [0, 0.05) is 0 Å². The Bertz CT molecular complexity index is 1730. The molecule has 0 amide bonds. The van der Waals surface area contributed by atoms with Crippen LogP contribution in [0.5, 0.6) is 0 Å². The van der Waals surface area contributed by atoms with Gasteiger partial charge in [-0.1, -0.05) is 54.6 Å². The topological polar surface area (TPSA) is 186 Å². The lowest BCUT2D eigenvalue weighted by atomic mass is 9.89. The molecule has 0 aliphatic carbocycles. The predicted molar refractivity (Wildman–Crippen MR) is 147 cm³/mol. The first-order chi connectivity index (χ1) is 19.5. The number of rotatable bonds is 9. The molecule has 10 heteroatoms. The van der Waals surface area contributed by atoms with E-state index in [0.29, 0.717) is 27.8 Å². The van der Waals surface area contributed by atoms with Crippen LogP contribution in [-0.2, 0) is 0 Å². The van der Waals surface area contributed by atoms with Crippen molar-refractivity contribution in [3.8, 4) is 11.1 Å². The van der Waals surface area contributed by atoms with Crippen LogP contribution < -0.4 is 0 Å². The lowest BCUT2D eigenvalue weighted by Gasteiger charge is -2.14. The van der Waals surface area contributed by atoms with E-state index >= 15 is 0 Å². The predicted octanol–water partition coefficient (Wildman–Crippen LogP) is 5.43. The maximum Gasteiger partial charge on any atom is 0.337 e. The van der Waals surface area contributed by atoms with E-state index in [0.717, 1.165) is 6.07 Å². The minimum absolute atomic E-state index is 0.00653. The zero-order valence-corrected chi connectivity index (χ0v) is 20.9. The first kappa shape index (κ1) is 28.0. The van der Waals surface area contributed by atoms with Gasteiger partial charge in [0.15, 0.2) is 0 Å². The number of carboxylic acids is 5. The second kappa shape index (κ2) is 11.4. The molecule has 0 heterocycles. The zero-order valence-electron chi connectivity index (χ0n) is 20.9. The van der Waals surface area contributed by atoms with Crippen molar-refractivity contribution in [1.29, 1.82) is 0 Å². The van der Waals surface area contributed by atoms with Gasteiger partial charge in [0.25, 0.3) is 0 Å². The molecule has 0 atom stereocenters. The van der Waals surface area contributed by atoms with Crippen LogP contribution in [0.25, 0.3) is 22.8 Å². The smallest absolute Gasteiger partial charge is 0.337 e. The molecule has 4 aromatic carbocycles. The molecular weight excluding hydrogens is 532 g/mol. The Morgan fingerprint density at radius 3 is 1.32 bits per heavy atom. The monoisotopic (exact) mass is 552 g/mol. The number of hydrogen-bond acceptors (Lipinski definition) is 5. The average Bonchev–Trinajstić information content (AvgIpc) is 2.95. The van der Waals surface area contributed by atoms with Crippen molar-refractivity contribution in [2.45, 2.75) is 0 Å². The van der Waals surface area contributed by atoms with Gasteiger partial charge in [-0.25, -0.2) is 24.0 Å². The molecule has 0 spiro atoms. The van der Waals surface area contributed by atoms with Crippen molar-refractivity contribution >= 4 is 41.5 Å². The van der Waals surface area contributed by atoms with E-state index in [-0.39, 0.29) is 16.7 Å². The number of benzene rings is 4. The summed E-state index contributed by atoms with van der Waals surface area (Å²) in [6.45, 7) is 0. The van der Waals surface area contributed by atoms with Gasteiger partial charge in [0.2, 0.25) is 0 Å². The van der Waals surface area contributed by atoms with Crippen molar-refractivity contribution in [3.05, 3.63) is 129 Å². The quantitative estimate of drug-likeness (QED) is 0.168. The van der Waals surface area contributed by atoms with E-state index < -0.39 is 46.5 Å². The lowest BCUT2D eigenvalue weighted by Crippen LogP contribution is -2.16. The third-order valence-corrected chi connectivity index (χ3v) is 6.28. The molecule has 0 fully saturated rings. The van der Waals surface area contributed by atoms with Crippen LogP contribution >= 0.6 is 0 Å². The number of hydrogen-bond donors (Lipinski definition) is 5. The van der Waals surface area contributed by atoms with Gasteiger partial charge < -0.3 is 25.5 Å². The molecule has 41 heavy (non-hydrogen) atoms. The fourth-order valence-electron chi connectivity index (χ4n) is 4.31. The van der Waals surface area contributed by atoms with Crippen molar-refractivity contribution in [2.24, 2.45) is 0 Å². The average molecular weight is 552 g/mol. The standard InChI is InChI=1S/C31H20O10/c32-27(33)20-3-1-16(2-4-20)15-24(19-9-11-21(12-10-19)28(34)35)18-7-5-17(6-8-18)22-13-14-23(29(36)37)26(31(40)41)25(22)30(38)39/h1-15H,(H,32,33)(H,34,35)(H,36,37)(H,38,39)(H,40,41). The summed E-state index contributed by atoms with van der Waals surface area (Å²) in [5, 5.41) is 47.2. The summed E-state index contributed by atoms with van der Waals surface area (Å²) in [6, 6.07) is 20.9. The summed E-state index contributed by atoms with van der Waals surface area (Å²) < 4.78 is 0. The van der Waals surface area contributed by atoms with Crippen LogP contribution in [0, 0.1) is 0 Å². The Morgan fingerprint density at radius 1 is 0.439 bits per heavy atom. The maximum absolute atomic E-state index is 12.1. The van der Waals surface area contributed by atoms with Crippen LogP contribution in [0.3, 0.4) is 0 Å². The summed E-state index contributed by atoms with van der Waals surface area (Å²) in [6.07, 6.45) is 1.77. The van der Waals surface area contributed by atoms with Crippen LogP contribution in [0.15, 0.2) is 84.9 Å². The van der Waals surface area contributed by atoms with Gasteiger partial charge >= 0.3 is 29.8 Å². The van der Waals surface area contributed by atoms with E-state index in [4.69, 9.17) is 0 Å². The van der Waals surface area contributed by atoms with Gasteiger partial charge in [-0.3, -0.25) is 0 Å². The number of carboxylic acid groups (broad SMARTS) is 5. The largest absolute Gasteiger partial charge is 0.478 e. The van der Waals surface area contributed by atoms with E-state index in [1.807, 2.05) is 0 Å². The highest BCUT2D eigenvalue weighted by atomic mass is 16.4. The Balaban J connectivity index is 1.85. The Morgan fingerprint density at radius 2 is 0.878 bits per heavy atom. The molecule has 204 valence electrons. The lowest BCUT2D eigenvalue weighted by molar-refractivity contribution is 0.0633. The minimum Gasteiger partial charge on any atom is -0.478 e. The first-order valence-electron chi connectivity index (χ1n) is 11.8. The van der Waals surface area contributed by atoms with Gasteiger partial charge in [-0.15, -0.1) is 0 Å². The van der Waals surface area contributed by atoms with E-state index in [1.165, 1.54) is 30.3 Å². The molecule has 0 aliphatic rings. The van der Waals surface area contributed by atoms with Crippen LogP contribution in [0.4, 0.5) is 0 Å². The number of aromatic carboxylic acids is 5. The fraction of sp³-hybridized carbons (Fsp3) is 0. The molecule has 0 bridgehead atoms. The first-order valence-corrected chi connectivity index (χ1v) is 11.8.